The number of rotatable bonds is 8. The molecule has 0 amide bonds. The number of para-hydroxylation sites is 6. The van der Waals surface area contributed by atoms with Crippen molar-refractivity contribution in [1.29, 1.82) is 0 Å². The van der Waals surface area contributed by atoms with E-state index in [9.17, 15) is 0 Å². The van der Waals surface area contributed by atoms with E-state index < -0.39 is 0 Å². The molecular formula is C70H52N2O2. The summed E-state index contributed by atoms with van der Waals surface area (Å²) in [5.74, 6) is 0. The second kappa shape index (κ2) is 16.7. The van der Waals surface area contributed by atoms with Gasteiger partial charge in [0, 0.05) is 54.8 Å². The quantitative estimate of drug-likeness (QED) is 0.142. The van der Waals surface area contributed by atoms with Gasteiger partial charge in [-0.05, 0) is 180 Å². The van der Waals surface area contributed by atoms with E-state index in [0.717, 1.165) is 88.9 Å². The van der Waals surface area contributed by atoms with Gasteiger partial charge in [0.05, 0.1) is 22.7 Å². The van der Waals surface area contributed by atoms with E-state index in [0.29, 0.717) is 0 Å². The summed E-state index contributed by atoms with van der Waals surface area (Å²) in [6, 6.07) is 75.1. The van der Waals surface area contributed by atoms with Crippen LogP contribution in [0.4, 0.5) is 34.1 Å². The molecule has 4 nitrogen and oxygen atoms in total. The minimum Gasteiger partial charge on any atom is -0.455 e. The summed E-state index contributed by atoms with van der Waals surface area (Å²) in [6.07, 6.45) is 0. The molecule has 0 fully saturated rings. The third kappa shape index (κ3) is 6.61. The molecule has 2 heterocycles. The number of hydrogen-bond acceptors (Lipinski definition) is 4. The molecule has 0 saturated carbocycles. The van der Waals surface area contributed by atoms with Gasteiger partial charge in [-0.2, -0.15) is 0 Å². The molecule has 4 heteroatoms. The van der Waals surface area contributed by atoms with Crippen LogP contribution in [-0.2, 0) is 0 Å². The summed E-state index contributed by atoms with van der Waals surface area (Å²) >= 11 is 0. The molecule has 0 N–H and O–H groups in total. The highest BCUT2D eigenvalue weighted by molar-refractivity contribution is 6.29. The molecule has 0 aliphatic heterocycles. The third-order valence-electron chi connectivity index (χ3n) is 15.6. The van der Waals surface area contributed by atoms with Crippen molar-refractivity contribution in [2.45, 2.75) is 41.5 Å². The van der Waals surface area contributed by atoms with Crippen molar-refractivity contribution in [1.82, 2.24) is 0 Å². The maximum absolute atomic E-state index is 6.57. The Morgan fingerprint density at radius 3 is 1.04 bits per heavy atom. The van der Waals surface area contributed by atoms with Crippen molar-refractivity contribution in [3.63, 3.8) is 0 Å². The van der Waals surface area contributed by atoms with Crippen LogP contribution in [0.3, 0.4) is 0 Å². The van der Waals surface area contributed by atoms with Crippen molar-refractivity contribution < 1.29 is 8.83 Å². The largest absolute Gasteiger partial charge is 0.455 e. The monoisotopic (exact) mass is 952 g/mol. The molecule has 0 bridgehead atoms. The molecule has 0 atom stereocenters. The standard InChI is InChI=1S/C70H52N2O2/c1-41-39-61(71(49-19-9-7-10-20-49)67-43(3)35-47(36-44(67)4)53-25-17-27-57-55-23-13-15-29-63(55)73-69(53)57)59-34-32-52-42(2)40-62(60-33-31-51(41)65(59)66(52)60)72(50-21-11-8-12-22-50)68-45(5)37-48(38-46(68)6)54-26-18-28-58-56-24-14-16-30-64(56)74-70(54)58/h7-40H,1-6H3. The van der Waals surface area contributed by atoms with E-state index in [1.807, 2.05) is 12.1 Å². The molecule has 2 aromatic heterocycles. The Labute approximate surface area is 430 Å². The highest BCUT2D eigenvalue weighted by atomic mass is 16.3. The van der Waals surface area contributed by atoms with Crippen LogP contribution in [0.1, 0.15) is 33.4 Å². The lowest BCUT2D eigenvalue weighted by atomic mass is 9.87. The normalized spacial score (nSPS) is 11.9. The van der Waals surface area contributed by atoms with Gasteiger partial charge in [-0.25, -0.2) is 0 Å². The molecule has 14 rings (SSSR count). The van der Waals surface area contributed by atoms with Gasteiger partial charge in [-0.15, -0.1) is 0 Å². The van der Waals surface area contributed by atoms with Crippen molar-refractivity contribution in [2.75, 3.05) is 9.80 Å². The zero-order valence-corrected chi connectivity index (χ0v) is 42.3. The van der Waals surface area contributed by atoms with Gasteiger partial charge >= 0.3 is 0 Å². The highest BCUT2D eigenvalue weighted by Crippen LogP contribution is 2.52. The van der Waals surface area contributed by atoms with Gasteiger partial charge in [0.15, 0.2) is 0 Å². The van der Waals surface area contributed by atoms with Crippen LogP contribution >= 0.6 is 0 Å². The van der Waals surface area contributed by atoms with E-state index in [2.05, 4.69) is 245 Å². The van der Waals surface area contributed by atoms with Gasteiger partial charge in [-0.3, -0.25) is 0 Å². The number of furan rings is 2. The van der Waals surface area contributed by atoms with Crippen LogP contribution in [0.2, 0.25) is 0 Å². The summed E-state index contributed by atoms with van der Waals surface area (Å²) < 4.78 is 13.1. The number of benzene rings is 12. The van der Waals surface area contributed by atoms with Crippen molar-refractivity contribution >= 4 is 110 Å². The van der Waals surface area contributed by atoms with Crippen LogP contribution in [0, 0.1) is 41.5 Å². The number of fused-ring (bicyclic) bond motifs is 6. The van der Waals surface area contributed by atoms with E-state index in [4.69, 9.17) is 8.83 Å². The summed E-state index contributed by atoms with van der Waals surface area (Å²) in [6.45, 7) is 13.6. The summed E-state index contributed by atoms with van der Waals surface area (Å²) in [5.41, 5.74) is 22.2. The zero-order chi connectivity index (χ0) is 49.9. The summed E-state index contributed by atoms with van der Waals surface area (Å²) in [4.78, 5) is 5.00. The lowest BCUT2D eigenvalue weighted by molar-refractivity contribution is 0.669. The van der Waals surface area contributed by atoms with Crippen LogP contribution in [0.25, 0.3) is 98.4 Å². The third-order valence-corrected chi connectivity index (χ3v) is 15.6. The fourth-order valence-corrected chi connectivity index (χ4v) is 12.5. The maximum atomic E-state index is 6.57. The maximum Gasteiger partial charge on any atom is 0.143 e. The van der Waals surface area contributed by atoms with E-state index in [-0.39, 0.29) is 0 Å². The van der Waals surface area contributed by atoms with Crippen LogP contribution in [-0.4, -0.2) is 0 Å². The van der Waals surface area contributed by atoms with Crippen molar-refractivity contribution in [2.24, 2.45) is 0 Å². The Kier molecular flexibility index (Phi) is 9.87. The van der Waals surface area contributed by atoms with Crippen LogP contribution in [0.5, 0.6) is 0 Å². The fourth-order valence-electron chi connectivity index (χ4n) is 12.5. The average molecular weight is 953 g/mol. The van der Waals surface area contributed by atoms with Crippen LogP contribution in [0.15, 0.2) is 215 Å². The Morgan fingerprint density at radius 2 is 0.635 bits per heavy atom. The van der Waals surface area contributed by atoms with E-state index >= 15 is 0 Å². The first-order valence-corrected chi connectivity index (χ1v) is 25.7. The highest BCUT2D eigenvalue weighted by Gasteiger charge is 2.27. The fraction of sp³-hybridized carbons (Fsp3) is 0.0857. The predicted octanol–water partition coefficient (Wildman–Crippen LogP) is 20.5. The first-order chi connectivity index (χ1) is 36.2. The Hall–Kier alpha value is -9.12. The Morgan fingerprint density at radius 1 is 0.284 bits per heavy atom. The van der Waals surface area contributed by atoms with E-state index in [1.165, 1.54) is 77.1 Å². The second-order valence-electron chi connectivity index (χ2n) is 20.3. The first kappa shape index (κ1) is 43.7. The molecular weight excluding hydrogens is 901 g/mol. The molecule has 0 radical (unpaired) electrons. The molecule has 0 aliphatic carbocycles. The SMILES string of the molecule is Cc1cc(-c2cccc3c2oc2ccccc23)cc(C)c1N(c1ccccc1)c1cc(C)c2ccc3c(N(c4ccccc4)c4c(C)cc(-c5cccc6c5oc5ccccc56)cc4C)cc(C)c4ccc1c2c43. The van der Waals surface area contributed by atoms with Gasteiger partial charge in [-0.1, -0.05) is 133 Å². The van der Waals surface area contributed by atoms with E-state index in [1.54, 1.807) is 0 Å². The first-order valence-electron chi connectivity index (χ1n) is 25.7. The molecule has 0 spiro atoms. The summed E-state index contributed by atoms with van der Waals surface area (Å²) in [7, 11) is 0. The molecule has 0 unspecified atom stereocenters. The molecule has 12 aromatic carbocycles. The predicted molar refractivity (Wildman–Crippen MR) is 313 cm³/mol. The lowest BCUT2D eigenvalue weighted by Crippen LogP contribution is -2.15. The second-order valence-corrected chi connectivity index (χ2v) is 20.3. The van der Waals surface area contributed by atoms with Crippen molar-refractivity contribution in [3.05, 3.63) is 240 Å². The zero-order valence-electron chi connectivity index (χ0n) is 42.3. The van der Waals surface area contributed by atoms with Gasteiger partial charge in [0.25, 0.3) is 0 Å². The Bertz CT molecular complexity index is 4220. The number of nitrogens with zero attached hydrogens (tertiary/aromatic N) is 2. The van der Waals surface area contributed by atoms with Gasteiger partial charge in [0.1, 0.15) is 22.3 Å². The Balaban J connectivity index is 0.965. The van der Waals surface area contributed by atoms with Crippen LogP contribution < -0.4 is 9.80 Å². The number of anilines is 6. The minimum absolute atomic E-state index is 0.905. The number of hydrogen-bond donors (Lipinski definition) is 0. The van der Waals surface area contributed by atoms with Crippen molar-refractivity contribution in [3.8, 4) is 22.3 Å². The van der Waals surface area contributed by atoms with Gasteiger partial charge < -0.3 is 18.6 Å². The number of aryl methyl sites for hydroxylation is 6. The smallest absolute Gasteiger partial charge is 0.143 e. The average Bonchev–Trinajstić information content (AvgIpc) is 4.07. The lowest BCUT2D eigenvalue weighted by Gasteiger charge is -2.33. The molecule has 74 heavy (non-hydrogen) atoms. The minimum atomic E-state index is 0.905. The molecule has 0 aliphatic rings. The molecule has 14 aromatic rings. The summed E-state index contributed by atoms with van der Waals surface area (Å²) in [5, 5.41) is 12.0. The molecule has 354 valence electrons. The topological polar surface area (TPSA) is 32.8 Å². The van der Waals surface area contributed by atoms with Gasteiger partial charge in [0.2, 0.25) is 0 Å². The molecule has 0 saturated heterocycles.